The molecule has 0 N–H and O–H groups in total. The minimum absolute atomic E-state index is 0.0406. The molecule has 1 aliphatic rings. The molecule has 5 rings (SSSR count). The predicted octanol–water partition coefficient (Wildman–Crippen LogP) is 3.69. The number of rotatable bonds is 2. The molecule has 0 aliphatic carbocycles. The minimum atomic E-state index is -0.0406. The summed E-state index contributed by atoms with van der Waals surface area (Å²) in [5.41, 5.74) is 7.66. The van der Waals surface area contributed by atoms with Crippen molar-refractivity contribution in [3.63, 3.8) is 0 Å². The first-order valence-corrected chi connectivity index (χ1v) is 9.96. The van der Waals surface area contributed by atoms with E-state index in [0.29, 0.717) is 0 Å². The van der Waals surface area contributed by atoms with E-state index in [-0.39, 0.29) is 5.56 Å². The molecule has 1 aromatic carbocycles. The van der Waals surface area contributed by atoms with E-state index < -0.39 is 0 Å². The molecule has 0 saturated heterocycles. The topological polar surface area (TPSA) is 43.1 Å². The van der Waals surface area contributed by atoms with E-state index in [4.69, 9.17) is 0 Å². The van der Waals surface area contributed by atoms with E-state index in [1.54, 1.807) is 10.6 Å². The number of aromatic nitrogens is 3. The van der Waals surface area contributed by atoms with E-state index in [0.717, 1.165) is 42.0 Å². The fraction of sp³-hybridized carbons (Fsp3) is 0.250. The smallest absolute Gasteiger partial charge is 0.255 e. The Kier molecular flexibility index (Phi) is 4.14. The van der Waals surface area contributed by atoms with Crippen molar-refractivity contribution in [2.45, 2.75) is 19.9 Å². The normalized spacial score (nSPS) is 14.3. The van der Waals surface area contributed by atoms with Crippen molar-refractivity contribution in [2.75, 3.05) is 13.6 Å². The summed E-state index contributed by atoms with van der Waals surface area (Å²) in [5, 5.41) is 1.29. The Morgan fingerprint density at radius 1 is 1.00 bits per heavy atom. The van der Waals surface area contributed by atoms with Crippen LogP contribution in [0.2, 0.25) is 0 Å². The maximum atomic E-state index is 12.9. The van der Waals surface area contributed by atoms with E-state index in [1.807, 2.05) is 43.6 Å². The average molecular weight is 384 g/mol. The molecule has 0 atom stereocenters. The van der Waals surface area contributed by atoms with Crippen molar-refractivity contribution in [1.29, 1.82) is 0 Å². The highest BCUT2D eigenvalue weighted by Crippen LogP contribution is 2.31. The van der Waals surface area contributed by atoms with Gasteiger partial charge in [-0.3, -0.25) is 14.3 Å². The van der Waals surface area contributed by atoms with Gasteiger partial charge in [0, 0.05) is 67.4 Å². The largest absolute Gasteiger partial charge is 0.347 e. The van der Waals surface area contributed by atoms with Crippen molar-refractivity contribution in [3.05, 3.63) is 82.2 Å². The Balaban J connectivity index is 1.58. The highest BCUT2D eigenvalue weighted by Gasteiger charge is 2.21. The molecule has 5 heteroatoms. The zero-order chi connectivity index (χ0) is 20.1. The number of hydrogen-bond acceptors (Lipinski definition) is 3. The van der Waals surface area contributed by atoms with Gasteiger partial charge in [0.1, 0.15) is 0 Å². The second-order valence-corrected chi connectivity index (χ2v) is 7.99. The van der Waals surface area contributed by atoms with Crippen LogP contribution in [-0.4, -0.2) is 32.6 Å². The monoisotopic (exact) mass is 384 g/mol. The van der Waals surface area contributed by atoms with Gasteiger partial charge in [-0.1, -0.05) is 12.1 Å². The Bertz CT molecular complexity index is 1280. The van der Waals surface area contributed by atoms with Gasteiger partial charge in [0.05, 0.1) is 11.2 Å². The SMILES string of the molecule is Cc1ccc(-c2ccn(-c3ccc4c5c(n(C)c4c3)CCN(C)C5)c(=O)c2)cn1. The highest BCUT2D eigenvalue weighted by molar-refractivity contribution is 5.87. The molecule has 0 amide bonds. The lowest BCUT2D eigenvalue weighted by molar-refractivity contribution is 0.310. The quantitative estimate of drug-likeness (QED) is 0.529. The number of nitrogens with zero attached hydrogens (tertiary/aromatic N) is 4. The first kappa shape index (κ1) is 17.9. The third kappa shape index (κ3) is 2.98. The average Bonchev–Trinajstić information content (AvgIpc) is 2.99. The van der Waals surface area contributed by atoms with Gasteiger partial charge in [0.2, 0.25) is 0 Å². The van der Waals surface area contributed by atoms with Crippen LogP contribution in [-0.2, 0) is 20.0 Å². The lowest BCUT2D eigenvalue weighted by Crippen LogP contribution is -2.26. The van der Waals surface area contributed by atoms with Crippen LogP contribution >= 0.6 is 0 Å². The number of benzene rings is 1. The van der Waals surface area contributed by atoms with Gasteiger partial charge in [-0.15, -0.1) is 0 Å². The summed E-state index contributed by atoms with van der Waals surface area (Å²) in [6, 6.07) is 14.0. The Labute approximate surface area is 169 Å². The molecule has 0 radical (unpaired) electrons. The van der Waals surface area contributed by atoms with Gasteiger partial charge in [0.25, 0.3) is 5.56 Å². The zero-order valence-electron chi connectivity index (χ0n) is 17.0. The maximum absolute atomic E-state index is 12.9. The van der Waals surface area contributed by atoms with Gasteiger partial charge in [0.15, 0.2) is 0 Å². The van der Waals surface area contributed by atoms with Crippen LogP contribution in [0.1, 0.15) is 17.0 Å². The van der Waals surface area contributed by atoms with Crippen LogP contribution in [0.15, 0.2) is 59.7 Å². The highest BCUT2D eigenvalue weighted by atomic mass is 16.1. The molecule has 0 fully saturated rings. The molecule has 29 heavy (non-hydrogen) atoms. The molecular formula is C24H24N4O. The second kappa shape index (κ2) is 6.71. The summed E-state index contributed by atoms with van der Waals surface area (Å²) < 4.78 is 4.00. The van der Waals surface area contributed by atoms with Crippen LogP contribution in [0.25, 0.3) is 27.7 Å². The molecule has 4 aromatic rings. The van der Waals surface area contributed by atoms with Crippen LogP contribution in [0.4, 0.5) is 0 Å². The lowest BCUT2D eigenvalue weighted by Gasteiger charge is -2.23. The van der Waals surface area contributed by atoms with Gasteiger partial charge in [-0.05, 0) is 49.4 Å². The van der Waals surface area contributed by atoms with Crippen molar-refractivity contribution < 1.29 is 0 Å². The molecule has 146 valence electrons. The molecule has 5 nitrogen and oxygen atoms in total. The molecule has 1 aliphatic heterocycles. The van der Waals surface area contributed by atoms with Gasteiger partial charge >= 0.3 is 0 Å². The van der Waals surface area contributed by atoms with Crippen LogP contribution in [0.3, 0.4) is 0 Å². The fourth-order valence-electron chi connectivity index (χ4n) is 4.36. The Hall–Kier alpha value is -3.18. The van der Waals surface area contributed by atoms with Crippen LogP contribution in [0, 0.1) is 6.92 Å². The van der Waals surface area contributed by atoms with E-state index in [2.05, 4.69) is 40.7 Å². The summed E-state index contributed by atoms with van der Waals surface area (Å²) in [4.78, 5) is 19.6. The summed E-state index contributed by atoms with van der Waals surface area (Å²) >= 11 is 0. The van der Waals surface area contributed by atoms with Gasteiger partial charge < -0.3 is 9.47 Å². The minimum Gasteiger partial charge on any atom is -0.347 e. The molecular weight excluding hydrogens is 360 g/mol. The van der Waals surface area contributed by atoms with Crippen molar-refractivity contribution in [2.24, 2.45) is 7.05 Å². The third-order valence-electron chi connectivity index (χ3n) is 6.02. The molecule has 4 heterocycles. The maximum Gasteiger partial charge on any atom is 0.255 e. The van der Waals surface area contributed by atoms with Crippen molar-refractivity contribution >= 4 is 10.9 Å². The number of hydrogen-bond donors (Lipinski definition) is 0. The number of likely N-dealkylation sites (N-methyl/N-ethyl adjacent to an activating group) is 1. The van der Waals surface area contributed by atoms with E-state index in [1.165, 1.54) is 22.2 Å². The summed E-state index contributed by atoms with van der Waals surface area (Å²) in [6.07, 6.45) is 4.73. The number of fused-ring (bicyclic) bond motifs is 3. The van der Waals surface area contributed by atoms with E-state index >= 15 is 0 Å². The number of aryl methyl sites for hydroxylation is 2. The van der Waals surface area contributed by atoms with Crippen molar-refractivity contribution in [1.82, 2.24) is 19.0 Å². The van der Waals surface area contributed by atoms with Crippen LogP contribution < -0.4 is 5.56 Å². The zero-order valence-corrected chi connectivity index (χ0v) is 17.0. The first-order valence-electron chi connectivity index (χ1n) is 9.96. The Morgan fingerprint density at radius 2 is 1.86 bits per heavy atom. The molecule has 3 aromatic heterocycles. The first-order chi connectivity index (χ1) is 14.0. The lowest BCUT2D eigenvalue weighted by atomic mass is 10.0. The third-order valence-corrected chi connectivity index (χ3v) is 6.02. The van der Waals surface area contributed by atoms with E-state index in [9.17, 15) is 4.79 Å². The molecule has 0 bridgehead atoms. The number of pyridine rings is 2. The summed E-state index contributed by atoms with van der Waals surface area (Å²) in [5.74, 6) is 0. The molecule has 0 unspecified atom stereocenters. The standard InChI is InChI=1S/C24H24N4O/c1-16-4-5-18(14-25-16)17-8-11-28(24(29)12-17)19-6-7-20-21-15-26(2)10-9-22(21)27(3)23(20)13-19/h4-8,11-14H,9-10,15H2,1-3H3. The predicted molar refractivity (Wildman–Crippen MR) is 117 cm³/mol. The molecule has 0 spiro atoms. The van der Waals surface area contributed by atoms with Crippen LogP contribution in [0.5, 0.6) is 0 Å². The Morgan fingerprint density at radius 3 is 2.62 bits per heavy atom. The van der Waals surface area contributed by atoms with Gasteiger partial charge in [-0.2, -0.15) is 0 Å². The second-order valence-electron chi connectivity index (χ2n) is 7.99. The van der Waals surface area contributed by atoms with Gasteiger partial charge in [-0.25, -0.2) is 0 Å². The summed E-state index contributed by atoms with van der Waals surface area (Å²) in [6.45, 7) is 4.02. The summed E-state index contributed by atoms with van der Waals surface area (Å²) in [7, 11) is 4.30. The molecule has 0 saturated carbocycles. The fourth-order valence-corrected chi connectivity index (χ4v) is 4.36. The van der Waals surface area contributed by atoms with Crippen molar-refractivity contribution in [3.8, 4) is 16.8 Å².